The molecule has 7 heteroatoms. The van der Waals surface area contributed by atoms with Crippen LogP contribution in [0.5, 0.6) is 0 Å². The Hall–Kier alpha value is -1.89. The molecule has 3 rings (SSSR count). The molecule has 1 aromatic heterocycles. The fourth-order valence-corrected chi connectivity index (χ4v) is 4.29. The molecule has 1 aliphatic carbocycles. The summed E-state index contributed by atoms with van der Waals surface area (Å²) in [6.45, 7) is 0.388. The highest BCUT2D eigenvalue weighted by molar-refractivity contribution is 7.99. The van der Waals surface area contributed by atoms with Crippen molar-refractivity contribution in [3.63, 3.8) is 0 Å². The van der Waals surface area contributed by atoms with Gasteiger partial charge in [0.2, 0.25) is 0 Å². The minimum atomic E-state index is -0.284. The SMILES string of the molecule is CSC1CCCC1N(C)C(=O)c1cn(Cc2cccc(F)c2)nn1. The van der Waals surface area contributed by atoms with Crippen molar-refractivity contribution >= 4 is 17.7 Å². The van der Waals surface area contributed by atoms with E-state index in [2.05, 4.69) is 16.6 Å². The number of amides is 1. The summed E-state index contributed by atoms with van der Waals surface area (Å²) in [5.74, 6) is -0.389. The smallest absolute Gasteiger partial charge is 0.276 e. The number of rotatable bonds is 5. The monoisotopic (exact) mass is 348 g/mol. The summed E-state index contributed by atoms with van der Waals surface area (Å²) in [7, 11) is 1.84. The van der Waals surface area contributed by atoms with Gasteiger partial charge >= 0.3 is 0 Å². The third-order valence-electron chi connectivity index (χ3n) is 4.53. The Labute approximate surface area is 145 Å². The summed E-state index contributed by atoms with van der Waals surface area (Å²) >= 11 is 1.82. The molecule has 0 N–H and O–H groups in total. The number of thioether (sulfide) groups is 1. The van der Waals surface area contributed by atoms with Gasteiger partial charge < -0.3 is 4.90 Å². The lowest BCUT2D eigenvalue weighted by Crippen LogP contribution is -2.40. The zero-order valence-corrected chi connectivity index (χ0v) is 14.7. The van der Waals surface area contributed by atoms with Crippen LogP contribution in [0.15, 0.2) is 30.5 Å². The van der Waals surface area contributed by atoms with Crippen molar-refractivity contribution in [2.75, 3.05) is 13.3 Å². The van der Waals surface area contributed by atoms with E-state index in [4.69, 9.17) is 0 Å². The van der Waals surface area contributed by atoms with Gasteiger partial charge in [0.25, 0.3) is 5.91 Å². The molecule has 0 aliphatic heterocycles. The lowest BCUT2D eigenvalue weighted by atomic mass is 10.2. The van der Waals surface area contributed by atoms with E-state index in [1.165, 1.54) is 12.1 Å². The van der Waals surface area contributed by atoms with E-state index in [0.29, 0.717) is 17.5 Å². The van der Waals surface area contributed by atoms with Crippen molar-refractivity contribution in [3.8, 4) is 0 Å². The average Bonchev–Trinajstić information content (AvgIpc) is 3.22. The first-order valence-electron chi connectivity index (χ1n) is 8.03. The Kier molecular flexibility index (Phi) is 5.18. The predicted octanol–water partition coefficient (Wildman–Crippen LogP) is 2.82. The van der Waals surface area contributed by atoms with Crippen molar-refractivity contribution in [2.45, 2.75) is 37.1 Å². The lowest BCUT2D eigenvalue weighted by Gasteiger charge is -2.28. The van der Waals surface area contributed by atoms with Crippen molar-refractivity contribution in [2.24, 2.45) is 0 Å². The van der Waals surface area contributed by atoms with Crippen molar-refractivity contribution in [1.82, 2.24) is 19.9 Å². The van der Waals surface area contributed by atoms with E-state index in [-0.39, 0.29) is 17.8 Å². The first-order chi connectivity index (χ1) is 11.6. The molecular formula is C17H21FN4OS. The van der Waals surface area contributed by atoms with Crippen molar-refractivity contribution < 1.29 is 9.18 Å². The van der Waals surface area contributed by atoms with Gasteiger partial charge in [0.05, 0.1) is 12.7 Å². The van der Waals surface area contributed by atoms with E-state index >= 15 is 0 Å². The third kappa shape index (κ3) is 3.61. The third-order valence-corrected chi connectivity index (χ3v) is 5.68. The molecule has 1 aliphatic rings. The fourth-order valence-electron chi connectivity index (χ4n) is 3.25. The molecule has 2 atom stereocenters. The molecule has 1 saturated carbocycles. The van der Waals surface area contributed by atoms with Crippen LogP contribution < -0.4 is 0 Å². The molecule has 0 spiro atoms. The van der Waals surface area contributed by atoms with Crippen LogP contribution in [0.4, 0.5) is 4.39 Å². The second kappa shape index (κ2) is 7.34. The number of hydrogen-bond acceptors (Lipinski definition) is 4. The van der Waals surface area contributed by atoms with Gasteiger partial charge in [0.15, 0.2) is 5.69 Å². The van der Waals surface area contributed by atoms with Gasteiger partial charge in [-0.2, -0.15) is 11.8 Å². The number of carbonyl (C=O) groups is 1. The number of benzene rings is 1. The highest BCUT2D eigenvalue weighted by Crippen LogP contribution is 2.32. The van der Waals surface area contributed by atoms with Gasteiger partial charge in [0, 0.05) is 18.3 Å². The first kappa shape index (κ1) is 17.0. The van der Waals surface area contributed by atoms with Crippen LogP contribution in [0.2, 0.25) is 0 Å². The van der Waals surface area contributed by atoms with Gasteiger partial charge in [0.1, 0.15) is 5.82 Å². The average molecular weight is 348 g/mol. The van der Waals surface area contributed by atoms with Crippen molar-refractivity contribution in [3.05, 3.63) is 47.5 Å². The van der Waals surface area contributed by atoms with Crippen molar-refractivity contribution in [1.29, 1.82) is 0 Å². The van der Waals surface area contributed by atoms with E-state index in [1.807, 2.05) is 24.9 Å². The highest BCUT2D eigenvalue weighted by Gasteiger charge is 2.33. The maximum atomic E-state index is 13.2. The lowest BCUT2D eigenvalue weighted by molar-refractivity contribution is 0.0732. The van der Waals surface area contributed by atoms with E-state index in [1.54, 1.807) is 21.8 Å². The standard InChI is InChI=1S/C17H21FN4OS/c1-21(15-7-4-8-16(15)24-2)17(23)14-11-22(20-19-14)10-12-5-3-6-13(18)9-12/h3,5-6,9,11,15-16H,4,7-8,10H2,1-2H3. The first-order valence-corrected chi connectivity index (χ1v) is 9.32. The van der Waals surface area contributed by atoms with Gasteiger partial charge in [-0.3, -0.25) is 4.79 Å². The molecule has 24 heavy (non-hydrogen) atoms. The van der Waals surface area contributed by atoms with Crippen LogP contribution in [-0.2, 0) is 6.54 Å². The number of nitrogens with zero attached hydrogens (tertiary/aromatic N) is 4. The molecule has 5 nitrogen and oxygen atoms in total. The second-order valence-electron chi connectivity index (χ2n) is 6.12. The van der Waals surface area contributed by atoms with Gasteiger partial charge in [-0.05, 0) is 36.8 Å². The molecule has 1 amide bonds. The van der Waals surface area contributed by atoms with Gasteiger partial charge in [-0.1, -0.05) is 23.8 Å². The number of carbonyl (C=O) groups excluding carboxylic acids is 1. The Balaban J connectivity index is 1.69. The summed E-state index contributed by atoms with van der Waals surface area (Å²) in [5, 5.41) is 8.49. The molecule has 2 aromatic rings. The van der Waals surface area contributed by atoms with Crippen LogP contribution in [0.3, 0.4) is 0 Å². The maximum Gasteiger partial charge on any atom is 0.276 e. The highest BCUT2D eigenvalue weighted by atomic mass is 32.2. The minimum absolute atomic E-state index is 0.105. The molecule has 0 saturated heterocycles. The normalized spacial score (nSPS) is 20.3. The number of aromatic nitrogens is 3. The quantitative estimate of drug-likeness (QED) is 0.834. The van der Waals surface area contributed by atoms with Gasteiger partial charge in [-0.15, -0.1) is 5.10 Å². The maximum absolute atomic E-state index is 13.2. The van der Waals surface area contributed by atoms with Crippen LogP contribution >= 0.6 is 11.8 Å². The summed E-state index contributed by atoms with van der Waals surface area (Å²) in [6.07, 6.45) is 7.06. The summed E-state index contributed by atoms with van der Waals surface area (Å²) in [5.41, 5.74) is 1.12. The summed E-state index contributed by atoms with van der Waals surface area (Å²) in [4.78, 5) is 14.5. The molecule has 1 fully saturated rings. The number of hydrogen-bond donors (Lipinski definition) is 0. The van der Waals surface area contributed by atoms with Gasteiger partial charge in [-0.25, -0.2) is 9.07 Å². The fraction of sp³-hybridized carbons (Fsp3) is 0.471. The Morgan fingerprint density at radius 3 is 3.04 bits per heavy atom. The second-order valence-corrected chi connectivity index (χ2v) is 7.20. The molecule has 128 valence electrons. The minimum Gasteiger partial charge on any atom is -0.336 e. The molecule has 0 bridgehead atoms. The summed E-state index contributed by atoms with van der Waals surface area (Å²) in [6, 6.07) is 6.58. The van der Waals surface area contributed by atoms with Crippen LogP contribution in [-0.4, -0.2) is 50.4 Å². The predicted molar refractivity (Wildman–Crippen MR) is 92.6 cm³/mol. The molecule has 0 radical (unpaired) electrons. The zero-order chi connectivity index (χ0) is 17.1. The number of halogens is 1. The molecule has 2 unspecified atom stereocenters. The zero-order valence-electron chi connectivity index (χ0n) is 13.9. The van der Waals surface area contributed by atoms with E-state index in [0.717, 1.165) is 24.8 Å². The Morgan fingerprint density at radius 2 is 2.29 bits per heavy atom. The summed E-state index contributed by atoms with van der Waals surface area (Å²) < 4.78 is 14.8. The van der Waals surface area contributed by atoms with Crippen LogP contribution in [0, 0.1) is 5.82 Å². The molecule has 1 aromatic carbocycles. The Morgan fingerprint density at radius 1 is 1.46 bits per heavy atom. The molecular weight excluding hydrogens is 327 g/mol. The van der Waals surface area contributed by atoms with Crippen LogP contribution in [0.25, 0.3) is 0 Å². The topological polar surface area (TPSA) is 51.0 Å². The Bertz CT molecular complexity index is 720. The molecule has 1 heterocycles. The largest absolute Gasteiger partial charge is 0.336 e. The van der Waals surface area contributed by atoms with E-state index in [9.17, 15) is 9.18 Å². The van der Waals surface area contributed by atoms with E-state index < -0.39 is 0 Å². The van der Waals surface area contributed by atoms with Crippen LogP contribution in [0.1, 0.15) is 35.3 Å².